The van der Waals surface area contributed by atoms with Crippen molar-refractivity contribution in [3.8, 4) is 5.75 Å². The van der Waals surface area contributed by atoms with E-state index in [0.29, 0.717) is 36.0 Å². The lowest BCUT2D eigenvalue weighted by Crippen LogP contribution is -2.38. The minimum absolute atomic E-state index is 0.140. The Kier molecular flexibility index (Phi) is 10.2. The molecular weight excluding hydrogens is 627 g/mol. The molecule has 228 valence electrons. The molecule has 0 aliphatic rings. The van der Waals surface area contributed by atoms with Crippen LogP contribution in [0.15, 0.2) is 113 Å². The van der Waals surface area contributed by atoms with Crippen molar-refractivity contribution in [3.63, 3.8) is 0 Å². The average molecular weight is 654 g/mol. The smallest absolute Gasteiger partial charge is 0.387 e. The van der Waals surface area contributed by atoms with E-state index in [1.165, 1.54) is 12.1 Å². The Bertz CT molecular complexity index is 1750. The van der Waals surface area contributed by atoms with Crippen molar-refractivity contribution in [2.75, 3.05) is 6.54 Å². The highest BCUT2D eigenvalue weighted by Crippen LogP contribution is 2.30. The molecular formula is C30H27ClF3NO6S2. The van der Waals surface area contributed by atoms with Gasteiger partial charge in [0.05, 0.1) is 15.9 Å². The van der Waals surface area contributed by atoms with E-state index in [2.05, 4.69) is 9.50 Å². The molecule has 7 nitrogen and oxygen atoms in total. The van der Waals surface area contributed by atoms with Crippen LogP contribution in [0.4, 0.5) is 13.2 Å². The van der Waals surface area contributed by atoms with E-state index in [0.717, 1.165) is 29.3 Å². The number of alkyl halides is 3. The molecule has 0 aliphatic heterocycles. The van der Waals surface area contributed by atoms with Crippen LogP contribution in [0.1, 0.15) is 22.8 Å². The summed E-state index contributed by atoms with van der Waals surface area (Å²) in [5.74, 6) is -0.786. The van der Waals surface area contributed by atoms with Gasteiger partial charge in [0.2, 0.25) is 9.84 Å². The second-order valence-electron chi connectivity index (χ2n) is 9.61. The summed E-state index contributed by atoms with van der Waals surface area (Å²) in [5.41, 5.74) is -3.18. The van der Waals surface area contributed by atoms with Gasteiger partial charge in [-0.3, -0.25) is 0 Å². The van der Waals surface area contributed by atoms with E-state index in [1.807, 2.05) is 30.3 Å². The van der Waals surface area contributed by atoms with Crippen LogP contribution >= 0.6 is 11.6 Å². The van der Waals surface area contributed by atoms with E-state index in [4.69, 9.17) is 11.6 Å². The van der Waals surface area contributed by atoms with Crippen molar-refractivity contribution in [1.82, 2.24) is 5.32 Å². The summed E-state index contributed by atoms with van der Waals surface area (Å²) in [4.78, 5) is -0.575. The van der Waals surface area contributed by atoms with Crippen LogP contribution in [-0.4, -0.2) is 40.0 Å². The first-order valence-electron chi connectivity index (χ1n) is 12.9. The van der Waals surface area contributed by atoms with Crippen LogP contribution in [0.25, 0.3) is 0 Å². The molecule has 2 atom stereocenters. The molecule has 0 aromatic heterocycles. The summed E-state index contributed by atoms with van der Waals surface area (Å²) in [6.07, 6.45) is 0.183. The van der Waals surface area contributed by atoms with E-state index in [1.54, 1.807) is 36.4 Å². The topological polar surface area (TPSA) is 110 Å². The molecule has 4 aromatic carbocycles. The summed E-state index contributed by atoms with van der Waals surface area (Å²) in [6.45, 7) is 0.453. The molecule has 0 radical (unpaired) electrons. The minimum Gasteiger partial charge on any atom is -0.387 e. The van der Waals surface area contributed by atoms with Crippen molar-refractivity contribution in [1.29, 1.82) is 0 Å². The Morgan fingerprint density at radius 2 is 1.47 bits per heavy atom. The fourth-order valence-electron chi connectivity index (χ4n) is 4.33. The molecule has 2 N–H and O–H groups in total. The van der Waals surface area contributed by atoms with Crippen molar-refractivity contribution in [2.24, 2.45) is 0 Å². The Labute approximate surface area is 253 Å². The lowest BCUT2D eigenvalue weighted by molar-refractivity contribution is -0.0500. The second kappa shape index (κ2) is 13.5. The standard InChI is InChI=1S/C30H27ClF3NO6S2/c31-24-9-4-8-23(19-24)29(36)28(18-22-6-2-1-3-7-22)35-17-16-21-12-14-26(15-13-21)42(37,38)27-11-5-10-25(20-27)41-43(39,40)30(32,33)34/h1-15,19-20,28-29,35-36H,16-18H2/t28?,29-/m1/s1. The first kappa shape index (κ1) is 32.5. The third-order valence-corrected chi connectivity index (χ3v) is 9.51. The number of hydrogen-bond donors (Lipinski definition) is 2. The molecule has 0 spiro atoms. The first-order valence-corrected chi connectivity index (χ1v) is 16.2. The van der Waals surface area contributed by atoms with Crippen molar-refractivity contribution >= 4 is 31.6 Å². The van der Waals surface area contributed by atoms with Gasteiger partial charge in [-0.2, -0.15) is 21.6 Å². The highest BCUT2D eigenvalue weighted by atomic mass is 35.5. The number of halogens is 4. The van der Waals surface area contributed by atoms with Gasteiger partial charge in [0, 0.05) is 17.1 Å². The van der Waals surface area contributed by atoms with Gasteiger partial charge >= 0.3 is 15.6 Å². The van der Waals surface area contributed by atoms with Gasteiger partial charge in [0.15, 0.2) is 0 Å². The van der Waals surface area contributed by atoms with Gasteiger partial charge in [-0.25, -0.2) is 8.42 Å². The van der Waals surface area contributed by atoms with Crippen LogP contribution in [-0.2, 0) is 32.8 Å². The van der Waals surface area contributed by atoms with Crippen molar-refractivity contribution in [3.05, 3.63) is 125 Å². The number of nitrogens with one attached hydrogen (secondary N) is 1. The fraction of sp³-hybridized carbons (Fsp3) is 0.200. The lowest BCUT2D eigenvalue weighted by Gasteiger charge is -2.25. The summed E-state index contributed by atoms with van der Waals surface area (Å²) >= 11 is 6.13. The highest BCUT2D eigenvalue weighted by molar-refractivity contribution is 7.91. The van der Waals surface area contributed by atoms with Crippen LogP contribution < -0.4 is 9.50 Å². The monoisotopic (exact) mass is 653 g/mol. The Balaban J connectivity index is 1.44. The van der Waals surface area contributed by atoms with Crippen LogP contribution in [0.5, 0.6) is 5.75 Å². The molecule has 1 unspecified atom stereocenters. The van der Waals surface area contributed by atoms with Crippen molar-refractivity contribution < 1.29 is 39.3 Å². The Hall–Kier alpha value is -3.42. The van der Waals surface area contributed by atoms with Gasteiger partial charge in [-0.15, -0.1) is 0 Å². The van der Waals surface area contributed by atoms with E-state index >= 15 is 0 Å². The number of aliphatic hydroxyl groups excluding tert-OH is 1. The normalized spacial score (nSPS) is 13.8. The molecule has 0 aliphatic carbocycles. The predicted molar refractivity (Wildman–Crippen MR) is 156 cm³/mol. The third-order valence-electron chi connectivity index (χ3n) is 6.53. The number of benzene rings is 4. The first-order chi connectivity index (χ1) is 20.3. The summed E-state index contributed by atoms with van der Waals surface area (Å²) in [7, 11) is -10.2. The number of sulfone groups is 1. The van der Waals surface area contributed by atoms with Crippen LogP contribution in [0.2, 0.25) is 5.02 Å². The number of rotatable bonds is 12. The quantitative estimate of drug-likeness (QED) is 0.145. The maximum atomic E-state index is 13.1. The zero-order valence-electron chi connectivity index (χ0n) is 22.4. The SMILES string of the molecule is O=S(=O)(c1ccc(CCNC(Cc2ccccc2)[C@H](O)c2cccc(Cl)c2)cc1)c1cccc(OS(=O)(=O)C(F)(F)F)c1. The largest absolute Gasteiger partial charge is 0.534 e. The van der Waals surface area contributed by atoms with Crippen LogP contribution in [0, 0.1) is 0 Å². The van der Waals surface area contributed by atoms with E-state index in [9.17, 15) is 35.1 Å². The summed E-state index contributed by atoms with van der Waals surface area (Å²) < 4.78 is 90.9. The maximum absolute atomic E-state index is 13.1. The Morgan fingerprint density at radius 1 is 0.791 bits per heavy atom. The summed E-state index contributed by atoms with van der Waals surface area (Å²) in [6, 6.07) is 26.1. The molecule has 4 rings (SSSR count). The molecule has 0 amide bonds. The molecule has 43 heavy (non-hydrogen) atoms. The fourth-order valence-corrected chi connectivity index (χ4v) is 6.27. The van der Waals surface area contributed by atoms with Gasteiger partial charge in [0.1, 0.15) is 5.75 Å². The van der Waals surface area contributed by atoms with Gasteiger partial charge in [-0.1, -0.05) is 72.3 Å². The molecule has 13 heteroatoms. The zero-order valence-corrected chi connectivity index (χ0v) is 24.8. The second-order valence-corrected chi connectivity index (χ2v) is 13.5. The van der Waals surface area contributed by atoms with Gasteiger partial charge < -0.3 is 14.6 Å². The van der Waals surface area contributed by atoms with Crippen LogP contribution in [0.3, 0.4) is 0 Å². The van der Waals surface area contributed by atoms with E-state index in [-0.39, 0.29) is 10.9 Å². The van der Waals surface area contributed by atoms with Crippen molar-refractivity contribution in [2.45, 2.75) is 40.3 Å². The predicted octanol–water partition coefficient (Wildman–Crippen LogP) is 5.88. The number of hydrogen-bond acceptors (Lipinski definition) is 7. The third kappa shape index (κ3) is 8.36. The zero-order chi connectivity index (χ0) is 31.3. The number of aliphatic hydroxyl groups is 1. The molecule has 0 bridgehead atoms. The van der Waals surface area contributed by atoms with Gasteiger partial charge in [-0.05, 0) is 72.5 Å². The van der Waals surface area contributed by atoms with Gasteiger partial charge in [0.25, 0.3) is 0 Å². The average Bonchev–Trinajstić information content (AvgIpc) is 2.96. The van der Waals surface area contributed by atoms with E-state index < -0.39 is 42.2 Å². The highest BCUT2D eigenvalue weighted by Gasteiger charge is 2.48. The summed E-state index contributed by atoms with van der Waals surface area (Å²) in [5, 5.41) is 15.0. The molecule has 0 saturated heterocycles. The lowest BCUT2D eigenvalue weighted by atomic mass is 9.96. The Morgan fingerprint density at radius 3 is 2.12 bits per heavy atom. The molecule has 0 heterocycles. The molecule has 0 fully saturated rings. The minimum atomic E-state index is -5.96. The molecule has 4 aromatic rings. The maximum Gasteiger partial charge on any atom is 0.534 e. The molecule has 0 saturated carbocycles.